The van der Waals surface area contributed by atoms with Crippen LogP contribution in [0.25, 0.3) is 0 Å². The van der Waals surface area contributed by atoms with Crippen molar-refractivity contribution >= 4 is 34.8 Å². The third kappa shape index (κ3) is 3.37. The van der Waals surface area contributed by atoms with Gasteiger partial charge in [-0.2, -0.15) is 0 Å². The molecule has 1 heterocycles. The smallest absolute Gasteiger partial charge is 0.347 e. The normalized spacial score (nSPS) is 10.4. The third-order valence-electron chi connectivity index (χ3n) is 2.63. The van der Waals surface area contributed by atoms with Gasteiger partial charge in [-0.15, -0.1) is 11.3 Å². The van der Waals surface area contributed by atoms with Crippen molar-refractivity contribution < 1.29 is 19.1 Å². The summed E-state index contributed by atoms with van der Waals surface area (Å²) in [5, 5.41) is 11.8. The standard InChI is InChI=1S/C13H10ClFN2O3S/c1-6-11(13(19)20)21-9(17-6)5-16-12(18)10-7(14)3-2-4-8(10)15/h2-4H,5H2,1H3,(H,16,18)(H,19,20). The number of aryl methyl sites for hydroxylation is 1. The lowest BCUT2D eigenvalue weighted by Crippen LogP contribution is -2.24. The summed E-state index contributed by atoms with van der Waals surface area (Å²) in [4.78, 5) is 27.0. The van der Waals surface area contributed by atoms with Crippen molar-refractivity contribution in [1.82, 2.24) is 10.3 Å². The molecule has 0 aliphatic rings. The largest absolute Gasteiger partial charge is 0.477 e. The van der Waals surface area contributed by atoms with E-state index in [0.29, 0.717) is 10.7 Å². The van der Waals surface area contributed by atoms with Crippen LogP contribution in [-0.2, 0) is 6.54 Å². The molecule has 0 spiro atoms. The van der Waals surface area contributed by atoms with Gasteiger partial charge in [0.15, 0.2) is 0 Å². The fraction of sp³-hybridized carbons (Fsp3) is 0.154. The Kier molecular flexibility index (Phi) is 4.54. The minimum Gasteiger partial charge on any atom is -0.477 e. The van der Waals surface area contributed by atoms with Crippen LogP contribution in [0.1, 0.15) is 30.7 Å². The molecular formula is C13H10ClFN2O3S. The van der Waals surface area contributed by atoms with Gasteiger partial charge in [0, 0.05) is 0 Å². The average Bonchev–Trinajstić information content (AvgIpc) is 2.77. The van der Waals surface area contributed by atoms with E-state index in [1.165, 1.54) is 12.1 Å². The van der Waals surface area contributed by atoms with Crippen molar-refractivity contribution in [3.05, 3.63) is 50.2 Å². The van der Waals surface area contributed by atoms with E-state index in [9.17, 15) is 14.0 Å². The molecule has 0 atom stereocenters. The van der Waals surface area contributed by atoms with Crippen molar-refractivity contribution in [1.29, 1.82) is 0 Å². The Morgan fingerprint density at radius 3 is 2.76 bits per heavy atom. The molecule has 0 aliphatic carbocycles. The predicted octanol–water partition coefficient (Wildman–Crippen LogP) is 2.87. The number of halogens is 2. The molecule has 2 rings (SSSR count). The van der Waals surface area contributed by atoms with Crippen molar-refractivity contribution in [2.75, 3.05) is 0 Å². The second-order valence-electron chi connectivity index (χ2n) is 4.11. The predicted molar refractivity (Wildman–Crippen MR) is 76.4 cm³/mol. The highest BCUT2D eigenvalue weighted by molar-refractivity contribution is 7.13. The van der Waals surface area contributed by atoms with Gasteiger partial charge in [-0.25, -0.2) is 14.2 Å². The van der Waals surface area contributed by atoms with Crippen LogP contribution in [0.4, 0.5) is 4.39 Å². The SMILES string of the molecule is Cc1nc(CNC(=O)c2c(F)cccc2Cl)sc1C(=O)O. The minimum absolute atomic E-state index is 0.00227. The van der Waals surface area contributed by atoms with E-state index in [0.717, 1.165) is 17.4 Å². The van der Waals surface area contributed by atoms with Gasteiger partial charge < -0.3 is 10.4 Å². The van der Waals surface area contributed by atoms with Gasteiger partial charge >= 0.3 is 5.97 Å². The Hall–Kier alpha value is -1.99. The minimum atomic E-state index is -1.07. The number of amides is 1. The highest BCUT2D eigenvalue weighted by Crippen LogP contribution is 2.20. The van der Waals surface area contributed by atoms with Gasteiger partial charge in [-0.3, -0.25) is 4.79 Å². The van der Waals surface area contributed by atoms with Crippen LogP contribution in [0.3, 0.4) is 0 Å². The molecule has 0 saturated carbocycles. The van der Waals surface area contributed by atoms with Crippen LogP contribution in [0.15, 0.2) is 18.2 Å². The Morgan fingerprint density at radius 2 is 2.19 bits per heavy atom. The van der Waals surface area contributed by atoms with E-state index >= 15 is 0 Å². The van der Waals surface area contributed by atoms with Gasteiger partial charge in [0.1, 0.15) is 15.7 Å². The molecule has 0 radical (unpaired) electrons. The summed E-state index contributed by atoms with van der Waals surface area (Å²) in [6, 6.07) is 3.95. The van der Waals surface area contributed by atoms with Crippen molar-refractivity contribution in [3.63, 3.8) is 0 Å². The van der Waals surface area contributed by atoms with Crippen LogP contribution in [0.2, 0.25) is 5.02 Å². The number of rotatable bonds is 4. The number of hydrogen-bond donors (Lipinski definition) is 2. The maximum absolute atomic E-state index is 13.6. The van der Waals surface area contributed by atoms with Crippen molar-refractivity contribution in [2.45, 2.75) is 13.5 Å². The number of hydrogen-bond acceptors (Lipinski definition) is 4. The van der Waals surface area contributed by atoms with E-state index < -0.39 is 17.7 Å². The molecule has 0 saturated heterocycles. The summed E-state index contributed by atoms with van der Waals surface area (Å²) < 4.78 is 13.6. The first-order valence-electron chi connectivity index (χ1n) is 5.82. The lowest BCUT2D eigenvalue weighted by Gasteiger charge is -2.06. The topological polar surface area (TPSA) is 79.3 Å². The number of carbonyl (C=O) groups is 2. The van der Waals surface area contributed by atoms with Crippen LogP contribution < -0.4 is 5.32 Å². The van der Waals surface area contributed by atoms with Crippen molar-refractivity contribution in [3.8, 4) is 0 Å². The van der Waals surface area contributed by atoms with E-state index in [1.54, 1.807) is 6.92 Å². The van der Waals surface area contributed by atoms with Gasteiger partial charge in [0.25, 0.3) is 5.91 Å². The summed E-state index contributed by atoms with van der Waals surface area (Å²) >= 11 is 6.75. The number of nitrogens with zero attached hydrogens (tertiary/aromatic N) is 1. The Labute approximate surface area is 128 Å². The third-order valence-corrected chi connectivity index (χ3v) is 4.09. The number of benzene rings is 1. The van der Waals surface area contributed by atoms with Gasteiger partial charge in [0.2, 0.25) is 0 Å². The monoisotopic (exact) mass is 328 g/mol. The summed E-state index contributed by atoms with van der Waals surface area (Å²) in [5.41, 5.74) is 0.131. The zero-order valence-corrected chi connectivity index (χ0v) is 12.4. The number of aromatic nitrogens is 1. The van der Waals surface area contributed by atoms with Crippen LogP contribution in [0.5, 0.6) is 0 Å². The molecule has 8 heteroatoms. The molecule has 2 N–H and O–H groups in total. The van der Waals surface area contributed by atoms with Gasteiger partial charge in [-0.1, -0.05) is 17.7 Å². The van der Waals surface area contributed by atoms with E-state index in [2.05, 4.69) is 10.3 Å². The van der Waals surface area contributed by atoms with E-state index in [4.69, 9.17) is 16.7 Å². The average molecular weight is 329 g/mol. The molecule has 1 aromatic carbocycles. The molecule has 1 aromatic heterocycles. The molecule has 110 valence electrons. The molecule has 1 amide bonds. The maximum Gasteiger partial charge on any atom is 0.347 e. The number of carboxylic acid groups (broad SMARTS) is 1. The first-order valence-corrected chi connectivity index (χ1v) is 7.01. The summed E-state index contributed by atoms with van der Waals surface area (Å²) in [5.74, 6) is -2.47. The fourth-order valence-corrected chi connectivity index (χ4v) is 2.78. The molecular weight excluding hydrogens is 319 g/mol. The van der Waals surface area contributed by atoms with Crippen LogP contribution in [0, 0.1) is 12.7 Å². The zero-order valence-electron chi connectivity index (χ0n) is 10.8. The lowest BCUT2D eigenvalue weighted by molar-refractivity contribution is 0.0701. The first-order chi connectivity index (χ1) is 9.90. The Bertz CT molecular complexity index is 697. The maximum atomic E-state index is 13.6. The van der Waals surface area contributed by atoms with E-state index in [1.807, 2.05) is 0 Å². The molecule has 21 heavy (non-hydrogen) atoms. The molecule has 5 nitrogen and oxygen atoms in total. The number of aromatic carboxylic acids is 1. The molecule has 0 unspecified atom stereocenters. The number of carbonyl (C=O) groups excluding carboxylic acids is 1. The second-order valence-corrected chi connectivity index (χ2v) is 5.60. The highest BCUT2D eigenvalue weighted by Gasteiger charge is 2.17. The highest BCUT2D eigenvalue weighted by atomic mass is 35.5. The Balaban J connectivity index is 2.11. The zero-order chi connectivity index (χ0) is 15.6. The lowest BCUT2D eigenvalue weighted by atomic mass is 10.2. The van der Waals surface area contributed by atoms with Crippen LogP contribution >= 0.6 is 22.9 Å². The summed E-state index contributed by atoms with van der Waals surface area (Å²) in [7, 11) is 0. The number of thiazole rings is 1. The Morgan fingerprint density at radius 1 is 1.48 bits per heavy atom. The molecule has 2 aromatic rings. The summed E-state index contributed by atoms with van der Waals surface area (Å²) in [6.45, 7) is 1.57. The molecule has 0 fully saturated rings. The van der Waals surface area contributed by atoms with E-state index in [-0.39, 0.29) is 22.0 Å². The second kappa shape index (κ2) is 6.19. The first kappa shape index (κ1) is 15.4. The van der Waals surface area contributed by atoms with Crippen molar-refractivity contribution in [2.24, 2.45) is 0 Å². The van der Waals surface area contributed by atoms with Gasteiger partial charge in [-0.05, 0) is 19.1 Å². The molecule has 0 bridgehead atoms. The summed E-state index contributed by atoms with van der Waals surface area (Å²) in [6.07, 6.45) is 0. The number of carboxylic acids is 1. The van der Waals surface area contributed by atoms with Gasteiger partial charge in [0.05, 0.1) is 22.8 Å². The number of nitrogens with one attached hydrogen (secondary N) is 1. The molecule has 0 aliphatic heterocycles. The quantitative estimate of drug-likeness (QED) is 0.904. The fourth-order valence-electron chi connectivity index (χ4n) is 1.69. The van der Waals surface area contributed by atoms with Crippen LogP contribution in [-0.4, -0.2) is 22.0 Å².